The molecule has 4 N–H and O–H groups in total. The number of aromatic nitrogens is 2. The molecule has 2 aromatic carbocycles. The van der Waals surface area contributed by atoms with Crippen LogP contribution in [-0.2, 0) is 12.6 Å². The van der Waals surface area contributed by atoms with Gasteiger partial charge in [0.15, 0.2) is 11.6 Å². The number of carbonyl (C=O) groups is 3. The average Bonchev–Trinajstić information content (AvgIpc) is 3.07. The van der Waals surface area contributed by atoms with Crippen molar-refractivity contribution in [2.24, 2.45) is 0 Å². The zero-order valence-corrected chi connectivity index (χ0v) is 17.0. The third-order valence-corrected chi connectivity index (χ3v) is 4.34. The predicted molar refractivity (Wildman–Crippen MR) is 111 cm³/mol. The number of hydrogen-bond acceptors (Lipinski definition) is 5. The van der Waals surface area contributed by atoms with Crippen LogP contribution in [0, 0.1) is 0 Å². The van der Waals surface area contributed by atoms with Crippen molar-refractivity contribution in [1.29, 1.82) is 0 Å². The summed E-state index contributed by atoms with van der Waals surface area (Å²) in [4.78, 5) is 41.3. The molecule has 0 bridgehead atoms. The van der Waals surface area contributed by atoms with Gasteiger partial charge in [-0.25, -0.2) is 9.59 Å². The number of carboxylic acid groups (broad SMARTS) is 1. The van der Waals surface area contributed by atoms with Crippen LogP contribution in [0.15, 0.2) is 48.5 Å². The summed E-state index contributed by atoms with van der Waals surface area (Å²) in [6.07, 6.45) is -5.97. The summed E-state index contributed by atoms with van der Waals surface area (Å²) in [6, 6.07) is 9.53. The van der Waals surface area contributed by atoms with E-state index in [-0.39, 0.29) is 29.5 Å². The minimum absolute atomic E-state index is 0.0755. The van der Waals surface area contributed by atoms with Gasteiger partial charge < -0.3 is 20.1 Å². The highest BCUT2D eigenvalue weighted by atomic mass is 19.4. The number of ketones is 1. The Hall–Kier alpha value is -4.35. The number of urea groups is 1. The Morgan fingerprint density at radius 1 is 1.03 bits per heavy atom. The highest BCUT2D eigenvalue weighted by Gasteiger charge is 2.30. The Labute approximate surface area is 184 Å². The minimum Gasteiger partial charge on any atom is -0.449 e. The van der Waals surface area contributed by atoms with Crippen LogP contribution in [0.3, 0.4) is 0 Å². The van der Waals surface area contributed by atoms with Gasteiger partial charge in [0, 0.05) is 17.7 Å². The lowest BCUT2D eigenvalue weighted by atomic mass is 10.1. The van der Waals surface area contributed by atoms with Gasteiger partial charge in [0.2, 0.25) is 0 Å². The van der Waals surface area contributed by atoms with Crippen molar-refractivity contribution in [1.82, 2.24) is 9.97 Å². The maximum absolute atomic E-state index is 12.6. The summed E-state index contributed by atoms with van der Waals surface area (Å²) >= 11 is 0. The van der Waals surface area contributed by atoms with Crippen LogP contribution >= 0.6 is 0 Å². The second kappa shape index (κ2) is 9.42. The van der Waals surface area contributed by atoms with Crippen molar-refractivity contribution in [2.75, 3.05) is 10.6 Å². The molecule has 2 amide bonds. The number of H-pyrrole nitrogens is 1. The van der Waals surface area contributed by atoms with E-state index in [9.17, 15) is 27.6 Å². The zero-order chi connectivity index (χ0) is 24.2. The summed E-state index contributed by atoms with van der Waals surface area (Å²) in [7, 11) is 0. The molecule has 12 heteroatoms. The van der Waals surface area contributed by atoms with E-state index in [1.54, 1.807) is 24.3 Å². The van der Waals surface area contributed by atoms with Gasteiger partial charge in [-0.05, 0) is 36.8 Å². The number of aromatic amines is 1. The second-order valence-corrected chi connectivity index (χ2v) is 6.82. The maximum atomic E-state index is 12.6. The number of carbonyl (C=O) groups excluding carboxylic acids is 2. The van der Waals surface area contributed by atoms with Crippen LogP contribution < -0.4 is 15.4 Å². The Bertz CT molecular complexity index is 1170. The van der Waals surface area contributed by atoms with Crippen LogP contribution in [0.4, 0.5) is 34.3 Å². The first-order valence-electron chi connectivity index (χ1n) is 9.36. The smallest absolute Gasteiger partial charge is 0.449 e. The predicted octanol–water partition coefficient (Wildman–Crippen LogP) is 4.92. The van der Waals surface area contributed by atoms with Crippen molar-refractivity contribution in [2.45, 2.75) is 19.5 Å². The van der Waals surface area contributed by atoms with E-state index in [4.69, 9.17) is 5.11 Å². The molecular weight excluding hydrogens is 445 g/mol. The van der Waals surface area contributed by atoms with Crippen LogP contribution in [-0.4, -0.2) is 33.0 Å². The van der Waals surface area contributed by atoms with E-state index < -0.39 is 29.8 Å². The van der Waals surface area contributed by atoms with Gasteiger partial charge >= 0.3 is 18.4 Å². The molecule has 172 valence electrons. The molecule has 3 rings (SSSR count). The van der Waals surface area contributed by atoms with Gasteiger partial charge in [-0.15, -0.1) is 0 Å². The van der Waals surface area contributed by atoms with E-state index in [0.29, 0.717) is 5.56 Å². The third-order valence-electron chi connectivity index (χ3n) is 4.34. The molecule has 0 spiro atoms. The van der Waals surface area contributed by atoms with Gasteiger partial charge in [-0.1, -0.05) is 24.3 Å². The van der Waals surface area contributed by atoms with Gasteiger partial charge in [0.05, 0.1) is 5.56 Å². The van der Waals surface area contributed by atoms with Crippen molar-refractivity contribution in [3.8, 4) is 5.88 Å². The van der Waals surface area contributed by atoms with Crippen molar-refractivity contribution < 1.29 is 37.4 Å². The van der Waals surface area contributed by atoms with E-state index in [2.05, 4.69) is 25.3 Å². The van der Waals surface area contributed by atoms with Crippen molar-refractivity contribution >= 4 is 29.5 Å². The lowest BCUT2D eigenvalue weighted by molar-refractivity contribution is -0.137. The number of nitrogens with zero attached hydrogens (tertiary/aromatic N) is 1. The maximum Gasteiger partial charge on any atom is 0.512 e. The Morgan fingerprint density at radius 2 is 1.67 bits per heavy atom. The molecule has 0 saturated heterocycles. The van der Waals surface area contributed by atoms with Gasteiger partial charge in [0.25, 0.3) is 5.88 Å². The molecule has 33 heavy (non-hydrogen) atoms. The molecule has 9 nitrogen and oxygen atoms in total. The number of amides is 2. The third kappa shape index (κ3) is 6.32. The molecule has 0 atom stereocenters. The highest BCUT2D eigenvalue weighted by Crippen LogP contribution is 2.30. The monoisotopic (exact) mass is 462 g/mol. The normalized spacial score (nSPS) is 11.0. The van der Waals surface area contributed by atoms with Crippen LogP contribution in [0.2, 0.25) is 0 Å². The molecule has 3 aromatic rings. The summed E-state index contributed by atoms with van der Waals surface area (Å²) in [5.74, 6) is -0.425. The second-order valence-electron chi connectivity index (χ2n) is 6.82. The fraction of sp³-hybridized carbons (Fsp3) is 0.143. The number of nitrogens with one attached hydrogen (secondary N) is 3. The first-order chi connectivity index (χ1) is 15.5. The topological polar surface area (TPSA) is 133 Å². The van der Waals surface area contributed by atoms with E-state index in [1.807, 2.05) is 0 Å². The summed E-state index contributed by atoms with van der Waals surface area (Å²) in [6.45, 7) is 1.44. The molecule has 1 aromatic heterocycles. The fourth-order valence-electron chi connectivity index (χ4n) is 2.80. The van der Waals surface area contributed by atoms with Gasteiger partial charge in [-0.2, -0.15) is 18.2 Å². The molecule has 0 aliphatic carbocycles. The number of alkyl halides is 3. The molecule has 0 unspecified atom stereocenters. The number of anilines is 2. The number of hydrogen-bond donors (Lipinski definition) is 4. The number of Topliss-reactive ketones (excluding diaryl/α,β-unsaturated/α-hetero) is 1. The van der Waals surface area contributed by atoms with Crippen molar-refractivity contribution in [3.05, 3.63) is 71.0 Å². The van der Waals surface area contributed by atoms with Crippen LogP contribution in [0.1, 0.15) is 34.2 Å². The number of halogens is 3. The quantitative estimate of drug-likeness (QED) is 0.303. The zero-order valence-electron chi connectivity index (χ0n) is 17.0. The number of benzene rings is 2. The Balaban J connectivity index is 1.72. The average molecular weight is 462 g/mol. The SMILES string of the molecule is CC(=O)c1ccc(Cc2nc(OC(=O)O)c(NC(=O)Nc3ccc(C(F)(F)F)cc3)[nH]2)cc1. The molecule has 0 fully saturated rings. The number of ether oxygens (including phenoxy) is 1. The Kier molecular flexibility index (Phi) is 6.66. The summed E-state index contributed by atoms with van der Waals surface area (Å²) in [5, 5.41) is 13.5. The molecular formula is C21H17F3N4O5. The Morgan fingerprint density at radius 3 is 2.21 bits per heavy atom. The summed E-state index contributed by atoms with van der Waals surface area (Å²) < 4.78 is 42.5. The van der Waals surface area contributed by atoms with E-state index in [0.717, 1.165) is 29.8 Å². The first-order valence-corrected chi connectivity index (χ1v) is 9.36. The summed E-state index contributed by atoms with van der Waals surface area (Å²) in [5.41, 5.74) is 0.471. The van der Waals surface area contributed by atoms with Gasteiger partial charge in [0.1, 0.15) is 5.82 Å². The molecule has 0 saturated carbocycles. The van der Waals surface area contributed by atoms with Gasteiger partial charge in [-0.3, -0.25) is 10.1 Å². The van der Waals surface area contributed by atoms with Crippen LogP contribution in [0.25, 0.3) is 0 Å². The highest BCUT2D eigenvalue weighted by molar-refractivity contribution is 6.00. The first kappa shape index (κ1) is 23.3. The molecule has 0 aliphatic rings. The number of rotatable bonds is 6. The largest absolute Gasteiger partial charge is 0.512 e. The number of imidazole rings is 1. The molecule has 1 heterocycles. The lowest BCUT2D eigenvalue weighted by Crippen LogP contribution is -2.20. The minimum atomic E-state index is -4.51. The standard InChI is InChI=1S/C21H17F3N4O5/c1-11(29)13-4-2-12(3-5-13)10-16-26-17(18(27-16)33-20(31)32)28-19(30)25-15-8-6-14(7-9-15)21(22,23)24/h2-9H,10H2,1H3,(H,26,27)(H,31,32)(H2,25,28,30). The van der Waals surface area contributed by atoms with E-state index >= 15 is 0 Å². The van der Waals surface area contributed by atoms with E-state index in [1.165, 1.54) is 6.92 Å². The van der Waals surface area contributed by atoms with Crippen LogP contribution in [0.5, 0.6) is 5.88 Å². The molecule has 0 aliphatic heterocycles. The fourth-order valence-corrected chi connectivity index (χ4v) is 2.80. The van der Waals surface area contributed by atoms with Crippen molar-refractivity contribution in [3.63, 3.8) is 0 Å². The lowest BCUT2D eigenvalue weighted by Gasteiger charge is -2.09. The molecule has 0 radical (unpaired) electrons.